The fourth-order valence-corrected chi connectivity index (χ4v) is 2.69. The Morgan fingerprint density at radius 3 is 2.07 bits per heavy atom. The van der Waals surface area contributed by atoms with Crippen molar-refractivity contribution in [1.29, 1.82) is 0 Å². The standard InChI is InChI=1S/C19H18ClF2NO5/c1-26-12-4-11(5-13(6-12)27-2)9-23(10-18(24)28-3)19(25)14-7-16(21)17(22)8-15(14)20/h4-8H,9-10H2,1-3H3. The van der Waals surface area contributed by atoms with E-state index in [2.05, 4.69) is 4.74 Å². The number of nitrogens with zero attached hydrogens (tertiary/aromatic N) is 1. The molecule has 0 aliphatic rings. The molecule has 0 saturated carbocycles. The predicted octanol–water partition coefficient (Wildman–Crippen LogP) is 3.45. The number of esters is 1. The first kappa shape index (κ1) is 21.4. The molecule has 2 aromatic rings. The molecule has 1 amide bonds. The summed E-state index contributed by atoms with van der Waals surface area (Å²) in [5.41, 5.74) is 0.298. The minimum absolute atomic E-state index is 0.0587. The van der Waals surface area contributed by atoms with Gasteiger partial charge in [-0.2, -0.15) is 0 Å². The van der Waals surface area contributed by atoms with Crippen LogP contribution in [0.4, 0.5) is 8.78 Å². The highest BCUT2D eigenvalue weighted by atomic mass is 35.5. The largest absolute Gasteiger partial charge is 0.497 e. The Kier molecular flexibility index (Phi) is 7.17. The van der Waals surface area contributed by atoms with Crippen molar-refractivity contribution in [3.05, 3.63) is 58.1 Å². The Hall–Kier alpha value is -2.87. The molecule has 0 N–H and O–H groups in total. The Labute approximate surface area is 165 Å². The van der Waals surface area contributed by atoms with Crippen molar-refractivity contribution in [3.8, 4) is 11.5 Å². The van der Waals surface area contributed by atoms with E-state index < -0.39 is 30.1 Å². The maximum Gasteiger partial charge on any atom is 0.325 e. The molecule has 0 atom stereocenters. The lowest BCUT2D eigenvalue weighted by Crippen LogP contribution is -2.36. The number of methoxy groups -OCH3 is 3. The lowest BCUT2D eigenvalue weighted by molar-refractivity contribution is -0.141. The maximum absolute atomic E-state index is 13.6. The van der Waals surface area contributed by atoms with Crippen LogP contribution >= 0.6 is 11.6 Å². The lowest BCUT2D eigenvalue weighted by Gasteiger charge is -2.23. The van der Waals surface area contributed by atoms with Crippen molar-refractivity contribution < 1.29 is 32.6 Å². The quantitative estimate of drug-likeness (QED) is 0.514. The molecule has 0 spiro atoms. The Morgan fingerprint density at radius 1 is 0.964 bits per heavy atom. The van der Waals surface area contributed by atoms with E-state index >= 15 is 0 Å². The zero-order valence-corrected chi connectivity index (χ0v) is 16.2. The van der Waals surface area contributed by atoms with Gasteiger partial charge in [-0.3, -0.25) is 9.59 Å². The van der Waals surface area contributed by atoms with Gasteiger partial charge < -0.3 is 19.1 Å². The summed E-state index contributed by atoms with van der Waals surface area (Å²) >= 11 is 5.90. The molecular weight excluding hydrogens is 396 g/mol. The summed E-state index contributed by atoms with van der Waals surface area (Å²) in [6.45, 7) is -0.485. The van der Waals surface area contributed by atoms with Gasteiger partial charge in [0.15, 0.2) is 11.6 Å². The van der Waals surface area contributed by atoms with Crippen molar-refractivity contribution >= 4 is 23.5 Å². The molecule has 150 valence electrons. The van der Waals surface area contributed by atoms with Gasteiger partial charge in [0.1, 0.15) is 18.0 Å². The van der Waals surface area contributed by atoms with E-state index in [0.717, 1.165) is 4.90 Å². The summed E-state index contributed by atoms with van der Waals surface area (Å²) in [5, 5.41) is -0.276. The number of hydrogen-bond acceptors (Lipinski definition) is 5. The monoisotopic (exact) mass is 413 g/mol. The van der Waals surface area contributed by atoms with Gasteiger partial charge in [0.25, 0.3) is 5.91 Å². The third kappa shape index (κ3) is 5.10. The number of rotatable bonds is 7. The second-order valence-electron chi connectivity index (χ2n) is 5.70. The molecule has 0 heterocycles. The van der Waals surface area contributed by atoms with Gasteiger partial charge in [-0.15, -0.1) is 0 Å². The molecule has 0 aromatic heterocycles. The van der Waals surface area contributed by atoms with Crippen LogP contribution in [0.25, 0.3) is 0 Å². The van der Waals surface area contributed by atoms with Gasteiger partial charge in [0.05, 0.1) is 31.9 Å². The lowest BCUT2D eigenvalue weighted by atomic mass is 10.1. The first-order valence-corrected chi connectivity index (χ1v) is 8.39. The van der Waals surface area contributed by atoms with Gasteiger partial charge in [-0.1, -0.05) is 11.6 Å². The Balaban J connectivity index is 2.41. The fraction of sp³-hybridized carbons (Fsp3) is 0.263. The molecule has 0 saturated heterocycles. The second kappa shape index (κ2) is 9.36. The number of benzene rings is 2. The van der Waals surface area contributed by atoms with Crippen LogP contribution in [0.15, 0.2) is 30.3 Å². The normalized spacial score (nSPS) is 10.4. The highest BCUT2D eigenvalue weighted by molar-refractivity contribution is 6.33. The van der Waals surface area contributed by atoms with Crippen molar-refractivity contribution in [3.63, 3.8) is 0 Å². The van der Waals surface area contributed by atoms with Crippen molar-refractivity contribution in [2.24, 2.45) is 0 Å². The summed E-state index contributed by atoms with van der Waals surface area (Å²) in [4.78, 5) is 25.7. The molecule has 0 aliphatic carbocycles. The first-order valence-electron chi connectivity index (χ1n) is 8.01. The molecule has 0 bridgehead atoms. The molecular formula is C19H18ClF2NO5. The average molecular weight is 414 g/mol. The Bertz CT molecular complexity index is 869. The van der Waals surface area contributed by atoms with E-state index in [1.165, 1.54) is 21.3 Å². The minimum Gasteiger partial charge on any atom is -0.497 e. The van der Waals surface area contributed by atoms with E-state index in [9.17, 15) is 18.4 Å². The molecule has 6 nitrogen and oxygen atoms in total. The second-order valence-corrected chi connectivity index (χ2v) is 6.11. The van der Waals surface area contributed by atoms with E-state index in [1.54, 1.807) is 18.2 Å². The smallest absolute Gasteiger partial charge is 0.325 e. The summed E-state index contributed by atoms with van der Waals surface area (Å²) < 4.78 is 41.9. The summed E-state index contributed by atoms with van der Waals surface area (Å²) in [7, 11) is 4.11. The average Bonchev–Trinajstić information content (AvgIpc) is 2.69. The zero-order valence-electron chi connectivity index (χ0n) is 15.4. The molecule has 2 rings (SSSR count). The van der Waals surface area contributed by atoms with Gasteiger partial charge in [0, 0.05) is 12.6 Å². The van der Waals surface area contributed by atoms with Crippen LogP contribution in [0.3, 0.4) is 0 Å². The third-order valence-electron chi connectivity index (χ3n) is 3.86. The molecule has 0 radical (unpaired) electrons. The zero-order chi connectivity index (χ0) is 20.8. The third-order valence-corrected chi connectivity index (χ3v) is 4.17. The SMILES string of the molecule is COC(=O)CN(Cc1cc(OC)cc(OC)c1)C(=O)c1cc(F)c(F)cc1Cl. The van der Waals surface area contributed by atoms with Crippen LogP contribution in [0, 0.1) is 11.6 Å². The summed E-state index contributed by atoms with van der Waals surface area (Å²) in [5.74, 6) is -2.92. The minimum atomic E-state index is -1.23. The predicted molar refractivity (Wildman–Crippen MR) is 97.7 cm³/mol. The van der Waals surface area contributed by atoms with E-state index in [0.29, 0.717) is 29.2 Å². The van der Waals surface area contributed by atoms with Gasteiger partial charge in [-0.05, 0) is 29.8 Å². The van der Waals surface area contributed by atoms with Crippen LogP contribution in [-0.4, -0.2) is 44.7 Å². The number of carbonyl (C=O) groups excluding carboxylic acids is 2. The first-order chi connectivity index (χ1) is 13.3. The van der Waals surface area contributed by atoms with Crippen molar-refractivity contribution in [2.75, 3.05) is 27.9 Å². The highest BCUT2D eigenvalue weighted by Crippen LogP contribution is 2.26. The van der Waals surface area contributed by atoms with Gasteiger partial charge in [0.2, 0.25) is 0 Å². The number of amides is 1. The van der Waals surface area contributed by atoms with E-state index in [1.807, 2.05) is 0 Å². The van der Waals surface area contributed by atoms with Gasteiger partial charge in [-0.25, -0.2) is 8.78 Å². The number of carbonyl (C=O) groups is 2. The van der Waals surface area contributed by atoms with Crippen LogP contribution in [0.5, 0.6) is 11.5 Å². The molecule has 28 heavy (non-hydrogen) atoms. The molecule has 2 aromatic carbocycles. The molecule has 9 heteroatoms. The number of halogens is 3. The molecule has 0 unspecified atom stereocenters. The molecule has 0 aliphatic heterocycles. The van der Waals surface area contributed by atoms with E-state index in [-0.39, 0.29) is 17.1 Å². The highest BCUT2D eigenvalue weighted by Gasteiger charge is 2.24. The van der Waals surface area contributed by atoms with Crippen LogP contribution < -0.4 is 9.47 Å². The van der Waals surface area contributed by atoms with Crippen LogP contribution in [0.1, 0.15) is 15.9 Å². The topological polar surface area (TPSA) is 65.1 Å². The number of ether oxygens (including phenoxy) is 3. The summed E-state index contributed by atoms with van der Waals surface area (Å²) in [6, 6.07) is 6.33. The number of hydrogen-bond donors (Lipinski definition) is 0. The summed E-state index contributed by atoms with van der Waals surface area (Å²) in [6.07, 6.45) is 0. The van der Waals surface area contributed by atoms with Crippen molar-refractivity contribution in [1.82, 2.24) is 4.90 Å². The maximum atomic E-state index is 13.6. The molecule has 0 fully saturated rings. The van der Waals surface area contributed by atoms with Crippen LogP contribution in [-0.2, 0) is 16.1 Å². The van der Waals surface area contributed by atoms with E-state index in [4.69, 9.17) is 21.1 Å². The fourth-order valence-electron chi connectivity index (χ4n) is 2.45. The van der Waals surface area contributed by atoms with Crippen LogP contribution in [0.2, 0.25) is 5.02 Å². The van der Waals surface area contributed by atoms with Crippen molar-refractivity contribution in [2.45, 2.75) is 6.54 Å². The Morgan fingerprint density at radius 2 is 1.54 bits per heavy atom. The van der Waals surface area contributed by atoms with Gasteiger partial charge >= 0.3 is 5.97 Å².